The van der Waals surface area contributed by atoms with Crippen LogP contribution in [0.4, 0.5) is 0 Å². The highest BCUT2D eigenvalue weighted by molar-refractivity contribution is 6.30. The van der Waals surface area contributed by atoms with Gasteiger partial charge in [0.05, 0.1) is 18.3 Å². The Labute approximate surface area is 117 Å². The second-order valence-corrected chi connectivity index (χ2v) is 5.66. The van der Waals surface area contributed by atoms with Crippen LogP contribution >= 0.6 is 11.6 Å². The molecule has 0 radical (unpaired) electrons. The van der Waals surface area contributed by atoms with Crippen LogP contribution in [-0.4, -0.2) is 19.5 Å². The van der Waals surface area contributed by atoms with Crippen molar-refractivity contribution in [1.29, 1.82) is 0 Å². The summed E-state index contributed by atoms with van der Waals surface area (Å²) in [4.78, 5) is 0. The average Bonchev–Trinajstić information content (AvgIpc) is 2.88. The van der Waals surface area contributed by atoms with Gasteiger partial charge < -0.3 is 9.67 Å². The molecular formula is C14H18ClN3O. The Balaban J connectivity index is 1.92. The third-order valence-corrected chi connectivity index (χ3v) is 4.36. The highest BCUT2D eigenvalue weighted by Crippen LogP contribution is 2.31. The van der Waals surface area contributed by atoms with Gasteiger partial charge in [-0.3, -0.25) is 4.68 Å². The van der Waals surface area contributed by atoms with Crippen molar-refractivity contribution in [3.8, 4) is 0 Å². The molecule has 3 rings (SSSR count). The molecule has 1 atom stereocenters. The maximum Gasteiger partial charge on any atom is 0.131 e. The van der Waals surface area contributed by atoms with Gasteiger partial charge in [0.2, 0.25) is 0 Å². The Bertz CT molecular complexity index is 614. The summed E-state index contributed by atoms with van der Waals surface area (Å²) < 4.78 is 3.81. The molecule has 0 saturated carbocycles. The fourth-order valence-corrected chi connectivity index (χ4v) is 3.09. The quantitative estimate of drug-likeness (QED) is 0.918. The topological polar surface area (TPSA) is 43.0 Å². The molecule has 0 aliphatic heterocycles. The molecule has 0 aromatic carbocycles. The Morgan fingerprint density at radius 1 is 1.47 bits per heavy atom. The van der Waals surface area contributed by atoms with Crippen LogP contribution in [-0.2, 0) is 20.0 Å². The molecule has 2 aromatic heterocycles. The molecule has 5 heteroatoms. The third kappa shape index (κ3) is 2.19. The predicted octanol–water partition coefficient (Wildman–Crippen LogP) is 2.60. The molecular weight excluding hydrogens is 262 g/mol. The fourth-order valence-electron chi connectivity index (χ4n) is 2.85. The molecule has 102 valence electrons. The molecule has 0 spiro atoms. The number of halogens is 1. The SMILES string of the molecule is Cc1nn(C)c(Cl)c1Cn1cc2c(c1)C(O)CCC2. The summed E-state index contributed by atoms with van der Waals surface area (Å²) in [6, 6.07) is 0. The summed E-state index contributed by atoms with van der Waals surface area (Å²) in [6.45, 7) is 2.68. The minimum absolute atomic E-state index is 0.310. The van der Waals surface area contributed by atoms with Gasteiger partial charge in [-0.05, 0) is 31.7 Å². The molecule has 1 unspecified atom stereocenters. The lowest BCUT2D eigenvalue weighted by Crippen LogP contribution is -2.05. The van der Waals surface area contributed by atoms with Gasteiger partial charge in [-0.1, -0.05) is 11.6 Å². The zero-order valence-electron chi connectivity index (χ0n) is 11.2. The number of aryl methyl sites for hydroxylation is 3. The van der Waals surface area contributed by atoms with E-state index in [0.717, 1.165) is 36.1 Å². The first kappa shape index (κ1) is 12.8. The van der Waals surface area contributed by atoms with Gasteiger partial charge >= 0.3 is 0 Å². The highest BCUT2D eigenvalue weighted by atomic mass is 35.5. The van der Waals surface area contributed by atoms with Crippen molar-refractivity contribution in [2.24, 2.45) is 7.05 Å². The lowest BCUT2D eigenvalue weighted by molar-refractivity contribution is 0.157. The number of rotatable bonds is 2. The molecule has 0 saturated heterocycles. The minimum Gasteiger partial charge on any atom is -0.388 e. The average molecular weight is 280 g/mol. The smallest absolute Gasteiger partial charge is 0.131 e. The number of aliphatic hydroxyl groups excluding tert-OH is 1. The first-order chi connectivity index (χ1) is 9.06. The fraction of sp³-hybridized carbons (Fsp3) is 0.500. The van der Waals surface area contributed by atoms with E-state index in [9.17, 15) is 5.11 Å². The van der Waals surface area contributed by atoms with Gasteiger partial charge in [0.25, 0.3) is 0 Å². The van der Waals surface area contributed by atoms with Crippen molar-refractivity contribution in [2.45, 2.75) is 38.8 Å². The van der Waals surface area contributed by atoms with Gasteiger partial charge in [0.1, 0.15) is 5.15 Å². The second-order valence-electron chi connectivity index (χ2n) is 5.30. The molecule has 0 bridgehead atoms. The molecule has 1 aliphatic rings. The highest BCUT2D eigenvalue weighted by Gasteiger charge is 2.20. The lowest BCUT2D eigenvalue weighted by Gasteiger charge is -2.16. The van der Waals surface area contributed by atoms with Crippen LogP contribution in [0.25, 0.3) is 0 Å². The van der Waals surface area contributed by atoms with E-state index in [1.54, 1.807) is 4.68 Å². The molecule has 2 aromatic rings. The van der Waals surface area contributed by atoms with Gasteiger partial charge in [-0.25, -0.2) is 0 Å². The first-order valence-electron chi connectivity index (χ1n) is 6.61. The van der Waals surface area contributed by atoms with Crippen molar-refractivity contribution < 1.29 is 5.11 Å². The van der Waals surface area contributed by atoms with E-state index >= 15 is 0 Å². The minimum atomic E-state index is -0.310. The van der Waals surface area contributed by atoms with Crippen LogP contribution in [0.3, 0.4) is 0 Å². The van der Waals surface area contributed by atoms with E-state index in [-0.39, 0.29) is 6.10 Å². The molecule has 19 heavy (non-hydrogen) atoms. The van der Waals surface area contributed by atoms with E-state index in [2.05, 4.69) is 15.9 Å². The molecule has 0 fully saturated rings. The zero-order valence-corrected chi connectivity index (χ0v) is 12.0. The maximum atomic E-state index is 10.00. The molecule has 1 aliphatic carbocycles. The van der Waals surface area contributed by atoms with Gasteiger partial charge in [0.15, 0.2) is 0 Å². The van der Waals surface area contributed by atoms with Gasteiger partial charge in [-0.15, -0.1) is 0 Å². The number of fused-ring (bicyclic) bond motifs is 1. The summed E-state index contributed by atoms with van der Waals surface area (Å²) in [5.41, 5.74) is 4.34. The van der Waals surface area contributed by atoms with Crippen molar-refractivity contribution in [2.75, 3.05) is 0 Å². The first-order valence-corrected chi connectivity index (χ1v) is 6.98. The van der Waals surface area contributed by atoms with Crippen molar-refractivity contribution in [3.05, 3.63) is 39.9 Å². The van der Waals surface area contributed by atoms with E-state index in [1.807, 2.05) is 20.2 Å². The molecule has 0 amide bonds. The van der Waals surface area contributed by atoms with E-state index in [0.29, 0.717) is 11.7 Å². The standard InChI is InChI=1S/C14H18ClN3O/c1-9-11(14(15)17(2)16-9)7-18-6-10-4-3-5-13(19)12(10)8-18/h6,8,13,19H,3-5,7H2,1-2H3. The maximum absolute atomic E-state index is 10.00. The molecule has 2 heterocycles. The van der Waals surface area contributed by atoms with Crippen molar-refractivity contribution >= 4 is 11.6 Å². The summed E-state index contributed by atoms with van der Waals surface area (Å²) in [7, 11) is 1.85. The predicted molar refractivity (Wildman–Crippen MR) is 74.4 cm³/mol. The third-order valence-electron chi connectivity index (χ3n) is 3.89. The van der Waals surface area contributed by atoms with Crippen LogP contribution < -0.4 is 0 Å². The van der Waals surface area contributed by atoms with E-state index < -0.39 is 0 Å². The van der Waals surface area contributed by atoms with Crippen LogP contribution in [0.1, 0.15) is 41.3 Å². The monoisotopic (exact) mass is 279 g/mol. The number of aliphatic hydroxyl groups is 1. The van der Waals surface area contributed by atoms with Gasteiger partial charge in [-0.2, -0.15) is 5.10 Å². The Hall–Kier alpha value is -1.26. The van der Waals surface area contributed by atoms with Gasteiger partial charge in [0, 0.05) is 30.6 Å². The molecule has 1 N–H and O–H groups in total. The van der Waals surface area contributed by atoms with Crippen LogP contribution in [0.2, 0.25) is 5.15 Å². The second kappa shape index (κ2) is 4.69. The van der Waals surface area contributed by atoms with Crippen molar-refractivity contribution in [1.82, 2.24) is 14.3 Å². The zero-order chi connectivity index (χ0) is 13.6. The van der Waals surface area contributed by atoms with E-state index in [1.165, 1.54) is 5.56 Å². The largest absolute Gasteiger partial charge is 0.388 e. The lowest BCUT2D eigenvalue weighted by atomic mass is 9.93. The summed E-state index contributed by atoms with van der Waals surface area (Å²) >= 11 is 6.26. The summed E-state index contributed by atoms with van der Waals surface area (Å²) in [5, 5.41) is 15.0. The van der Waals surface area contributed by atoms with Crippen LogP contribution in [0, 0.1) is 6.92 Å². The Morgan fingerprint density at radius 3 is 2.89 bits per heavy atom. The van der Waals surface area contributed by atoms with Crippen LogP contribution in [0.5, 0.6) is 0 Å². The summed E-state index contributed by atoms with van der Waals surface area (Å²) in [6.07, 6.45) is 6.84. The number of hydrogen-bond donors (Lipinski definition) is 1. The number of aromatic nitrogens is 3. The Kier molecular flexibility index (Phi) is 3.15. The molecule has 4 nitrogen and oxygen atoms in total. The normalized spacial score (nSPS) is 18.6. The number of nitrogens with zero attached hydrogens (tertiary/aromatic N) is 3. The Morgan fingerprint density at radius 2 is 2.26 bits per heavy atom. The van der Waals surface area contributed by atoms with Crippen molar-refractivity contribution in [3.63, 3.8) is 0 Å². The number of hydrogen-bond acceptors (Lipinski definition) is 2. The summed E-state index contributed by atoms with van der Waals surface area (Å²) in [5.74, 6) is 0. The van der Waals surface area contributed by atoms with E-state index in [4.69, 9.17) is 11.6 Å². The van der Waals surface area contributed by atoms with Crippen LogP contribution in [0.15, 0.2) is 12.4 Å².